The minimum atomic E-state index is -0.984. The molecule has 0 saturated carbocycles. The summed E-state index contributed by atoms with van der Waals surface area (Å²) in [6.45, 7) is 3.37. The molecule has 2 atom stereocenters. The summed E-state index contributed by atoms with van der Waals surface area (Å²) in [5.74, 6) is 0. The first-order valence-electron chi connectivity index (χ1n) is 5.18. The van der Waals surface area contributed by atoms with E-state index in [0.717, 1.165) is 5.56 Å². The molecule has 3 nitrogen and oxygen atoms in total. The lowest BCUT2D eigenvalue weighted by Gasteiger charge is -2.35. The maximum Gasteiger partial charge on any atom is 0.115 e. The summed E-state index contributed by atoms with van der Waals surface area (Å²) in [6.07, 6.45) is -0.284. The van der Waals surface area contributed by atoms with Gasteiger partial charge in [0.2, 0.25) is 0 Å². The van der Waals surface area contributed by atoms with E-state index in [9.17, 15) is 5.11 Å². The van der Waals surface area contributed by atoms with Gasteiger partial charge < -0.3 is 14.6 Å². The lowest BCUT2D eigenvalue weighted by atomic mass is 9.90. The van der Waals surface area contributed by atoms with Gasteiger partial charge in [0.05, 0.1) is 19.8 Å². The molecule has 1 saturated heterocycles. The van der Waals surface area contributed by atoms with E-state index in [1.807, 2.05) is 30.3 Å². The predicted molar refractivity (Wildman–Crippen MR) is 56.6 cm³/mol. The molecule has 82 valence electrons. The van der Waals surface area contributed by atoms with Crippen LogP contribution >= 0.6 is 0 Å². The molecule has 15 heavy (non-hydrogen) atoms. The molecule has 2 rings (SSSR count). The van der Waals surface area contributed by atoms with Crippen molar-refractivity contribution in [3.8, 4) is 0 Å². The van der Waals surface area contributed by atoms with Crippen molar-refractivity contribution in [2.45, 2.75) is 18.6 Å². The van der Waals surface area contributed by atoms with Crippen LogP contribution in [0.25, 0.3) is 0 Å². The first-order chi connectivity index (χ1) is 7.21. The highest BCUT2D eigenvalue weighted by Crippen LogP contribution is 2.27. The van der Waals surface area contributed by atoms with E-state index >= 15 is 0 Å². The Morgan fingerprint density at radius 3 is 2.60 bits per heavy atom. The van der Waals surface area contributed by atoms with E-state index in [1.165, 1.54) is 0 Å². The monoisotopic (exact) mass is 208 g/mol. The normalized spacial score (nSPS) is 25.9. The van der Waals surface area contributed by atoms with Gasteiger partial charge in [-0.05, 0) is 12.5 Å². The van der Waals surface area contributed by atoms with Gasteiger partial charge in [0.25, 0.3) is 0 Å². The van der Waals surface area contributed by atoms with Gasteiger partial charge in [-0.25, -0.2) is 0 Å². The van der Waals surface area contributed by atoms with Gasteiger partial charge in [0.1, 0.15) is 11.7 Å². The van der Waals surface area contributed by atoms with Crippen molar-refractivity contribution in [1.29, 1.82) is 0 Å². The van der Waals surface area contributed by atoms with Crippen LogP contribution in [0.3, 0.4) is 0 Å². The molecular weight excluding hydrogens is 192 g/mol. The number of ether oxygens (including phenoxy) is 2. The largest absolute Gasteiger partial charge is 0.383 e. The van der Waals surface area contributed by atoms with Gasteiger partial charge in [0, 0.05) is 0 Å². The van der Waals surface area contributed by atoms with Gasteiger partial charge in [0.15, 0.2) is 0 Å². The van der Waals surface area contributed by atoms with Crippen LogP contribution in [0.1, 0.15) is 12.5 Å². The van der Waals surface area contributed by atoms with E-state index in [1.54, 1.807) is 6.92 Å². The molecule has 0 spiro atoms. The predicted octanol–water partition coefficient (Wildman–Crippen LogP) is 1.31. The summed E-state index contributed by atoms with van der Waals surface area (Å²) < 4.78 is 10.8. The summed E-state index contributed by atoms with van der Waals surface area (Å²) >= 11 is 0. The summed E-state index contributed by atoms with van der Waals surface area (Å²) in [5, 5.41) is 10.4. The van der Waals surface area contributed by atoms with Gasteiger partial charge in [-0.3, -0.25) is 0 Å². The summed E-state index contributed by atoms with van der Waals surface area (Å²) in [4.78, 5) is 0. The third-order valence-electron chi connectivity index (χ3n) is 2.80. The van der Waals surface area contributed by atoms with Crippen LogP contribution in [0.4, 0.5) is 0 Å². The zero-order valence-corrected chi connectivity index (χ0v) is 8.85. The molecule has 1 aliphatic heterocycles. The SMILES string of the molecule is CC(O)(c1ccccc1)C1COCCO1. The van der Waals surface area contributed by atoms with Crippen molar-refractivity contribution in [2.24, 2.45) is 0 Å². The second-order valence-corrected chi connectivity index (χ2v) is 3.95. The molecular formula is C12H16O3. The highest BCUT2D eigenvalue weighted by atomic mass is 16.6. The lowest BCUT2D eigenvalue weighted by molar-refractivity contribution is -0.172. The summed E-state index contributed by atoms with van der Waals surface area (Å²) in [5.41, 5.74) is -0.123. The van der Waals surface area contributed by atoms with Crippen LogP contribution in [0, 0.1) is 0 Å². The third kappa shape index (κ3) is 2.20. The highest BCUT2D eigenvalue weighted by Gasteiger charge is 2.36. The van der Waals surface area contributed by atoms with Crippen molar-refractivity contribution in [3.05, 3.63) is 35.9 Å². The van der Waals surface area contributed by atoms with E-state index in [0.29, 0.717) is 19.8 Å². The average molecular weight is 208 g/mol. The quantitative estimate of drug-likeness (QED) is 0.796. The van der Waals surface area contributed by atoms with Crippen molar-refractivity contribution in [3.63, 3.8) is 0 Å². The number of hydrogen-bond acceptors (Lipinski definition) is 3. The maximum atomic E-state index is 10.4. The van der Waals surface area contributed by atoms with Crippen LogP contribution in [-0.4, -0.2) is 31.0 Å². The molecule has 1 aromatic rings. The highest BCUT2D eigenvalue weighted by molar-refractivity contribution is 5.23. The minimum absolute atomic E-state index is 0.284. The number of aliphatic hydroxyl groups is 1. The molecule has 0 bridgehead atoms. The minimum Gasteiger partial charge on any atom is -0.383 e. The van der Waals surface area contributed by atoms with Gasteiger partial charge in [-0.1, -0.05) is 30.3 Å². The van der Waals surface area contributed by atoms with E-state index < -0.39 is 5.60 Å². The summed E-state index contributed by atoms with van der Waals surface area (Å²) in [6, 6.07) is 9.55. The topological polar surface area (TPSA) is 38.7 Å². The zero-order chi connectivity index (χ0) is 10.7. The fraction of sp³-hybridized carbons (Fsp3) is 0.500. The van der Waals surface area contributed by atoms with Gasteiger partial charge in [-0.15, -0.1) is 0 Å². The molecule has 1 fully saturated rings. The molecule has 0 amide bonds. The Morgan fingerprint density at radius 1 is 1.27 bits per heavy atom. The fourth-order valence-corrected chi connectivity index (χ4v) is 1.77. The molecule has 0 aromatic heterocycles. The van der Waals surface area contributed by atoms with Gasteiger partial charge >= 0.3 is 0 Å². The molecule has 2 unspecified atom stereocenters. The van der Waals surface area contributed by atoms with Gasteiger partial charge in [-0.2, -0.15) is 0 Å². The molecule has 3 heteroatoms. The first-order valence-corrected chi connectivity index (χ1v) is 5.18. The third-order valence-corrected chi connectivity index (χ3v) is 2.80. The molecule has 1 aliphatic rings. The molecule has 1 heterocycles. The first kappa shape index (κ1) is 10.6. The Bertz CT molecular complexity index is 302. The van der Waals surface area contributed by atoms with E-state index in [-0.39, 0.29) is 6.10 Å². The molecule has 0 aliphatic carbocycles. The van der Waals surface area contributed by atoms with Crippen molar-refractivity contribution in [2.75, 3.05) is 19.8 Å². The number of rotatable bonds is 2. The number of benzene rings is 1. The Morgan fingerprint density at radius 2 is 2.00 bits per heavy atom. The zero-order valence-electron chi connectivity index (χ0n) is 8.85. The Labute approximate surface area is 89.6 Å². The van der Waals surface area contributed by atoms with E-state index in [2.05, 4.69) is 0 Å². The van der Waals surface area contributed by atoms with Crippen LogP contribution in [0.2, 0.25) is 0 Å². The van der Waals surface area contributed by atoms with Crippen molar-refractivity contribution >= 4 is 0 Å². The Hall–Kier alpha value is -0.900. The molecule has 1 N–H and O–H groups in total. The average Bonchev–Trinajstić information content (AvgIpc) is 2.31. The second kappa shape index (κ2) is 4.31. The number of hydrogen-bond donors (Lipinski definition) is 1. The van der Waals surface area contributed by atoms with Crippen molar-refractivity contribution in [1.82, 2.24) is 0 Å². The van der Waals surface area contributed by atoms with Crippen LogP contribution in [0.15, 0.2) is 30.3 Å². The van der Waals surface area contributed by atoms with Crippen LogP contribution < -0.4 is 0 Å². The standard InChI is InChI=1S/C12H16O3/c1-12(13,10-5-3-2-4-6-10)11-9-14-7-8-15-11/h2-6,11,13H,7-9H2,1H3. The molecule has 0 radical (unpaired) electrons. The van der Waals surface area contributed by atoms with E-state index in [4.69, 9.17) is 9.47 Å². The lowest BCUT2D eigenvalue weighted by Crippen LogP contribution is -2.45. The molecule has 1 aromatic carbocycles. The Balaban J connectivity index is 2.18. The summed E-state index contributed by atoms with van der Waals surface area (Å²) in [7, 11) is 0. The second-order valence-electron chi connectivity index (χ2n) is 3.95. The van der Waals surface area contributed by atoms with Crippen LogP contribution in [0.5, 0.6) is 0 Å². The maximum absolute atomic E-state index is 10.4. The fourth-order valence-electron chi connectivity index (χ4n) is 1.77. The van der Waals surface area contributed by atoms with Crippen molar-refractivity contribution < 1.29 is 14.6 Å². The van der Waals surface area contributed by atoms with Crippen LogP contribution in [-0.2, 0) is 15.1 Å². The Kier molecular flexibility index (Phi) is 3.05. The smallest absolute Gasteiger partial charge is 0.115 e.